The Morgan fingerprint density at radius 1 is 1.24 bits per heavy atom. The zero-order valence-corrected chi connectivity index (χ0v) is 23.5. The molecule has 0 radical (unpaired) electrons. The van der Waals surface area contributed by atoms with E-state index in [9.17, 15) is 20.3 Å². The smallest absolute Gasteiger partial charge is 0.346 e. The molecule has 6 nitrogen and oxygen atoms in total. The molecule has 37 heavy (non-hydrogen) atoms. The zero-order valence-electron chi connectivity index (χ0n) is 21.9. The van der Waals surface area contributed by atoms with Crippen LogP contribution >= 0.6 is 15.9 Å². The van der Waals surface area contributed by atoms with Crippen LogP contribution in [0.4, 0.5) is 5.69 Å². The molecule has 0 amide bonds. The minimum Gasteiger partial charge on any atom is -0.477 e. The summed E-state index contributed by atoms with van der Waals surface area (Å²) in [5.74, 6) is -0.889. The second-order valence-corrected chi connectivity index (χ2v) is 11.5. The van der Waals surface area contributed by atoms with Crippen LogP contribution in [0.15, 0.2) is 69.0 Å². The fraction of sp³-hybridized carbons (Fsp3) is 0.467. The summed E-state index contributed by atoms with van der Waals surface area (Å²) in [6.45, 7) is 9.38. The lowest BCUT2D eigenvalue weighted by Crippen LogP contribution is -2.36. The van der Waals surface area contributed by atoms with E-state index in [4.69, 9.17) is 0 Å². The van der Waals surface area contributed by atoms with Gasteiger partial charge >= 0.3 is 5.97 Å². The Labute approximate surface area is 228 Å². The minimum atomic E-state index is -1.19. The van der Waals surface area contributed by atoms with Gasteiger partial charge < -0.3 is 20.0 Å². The van der Waals surface area contributed by atoms with Crippen LogP contribution in [0, 0.1) is 17.2 Å². The molecule has 1 aliphatic carbocycles. The molecule has 2 N–H and O–H groups in total. The largest absolute Gasteiger partial charge is 0.477 e. The zero-order chi connectivity index (χ0) is 26.7. The second-order valence-electron chi connectivity index (χ2n) is 10.6. The van der Waals surface area contributed by atoms with E-state index in [1.165, 1.54) is 22.5 Å². The SMILES string of the molecule is CCN1/C(=C/C=C2\CCCC(/C=C(\C#N)C(=O)O)=C2N2CCC(CO)CC2)C(C)(C)c2cc(Br)ccc21. The Hall–Kier alpha value is -2.82. The molecule has 1 aromatic rings. The molecule has 4 rings (SSSR count). The fourth-order valence-corrected chi connectivity index (χ4v) is 6.31. The van der Waals surface area contributed by atoms with Crippen LogP contribution in [0.25, 0.3) is 0 Å². The minimum absolute atomic E-state index is 0.162. The third-order valence-electron chi connectivity index (χ3n) is 7.97. The van der Waals surface area contributed by atoms with Gasteiger partial charge in [-0.2, -0.15) is 5.26 Å². The van der Waals surface area contributed by atoms with Crippen molar-refractivity contribution in [2.45, 2.75) is 58.3 Å². The van der Waals surface area contributed by atoms with E-state index in [1.54, 1.807) is 6.08 Å². The predicted octanol–water partition coefficient (Wildman–Crippen LogP) is 6.05. The number of hydrogen-bond donors (Lipinski definition) is 2. The van der Waals surface area contributed by atoms with Crippen molar-refractivity contribution in [2.75, 3.05) is 31.1 Å². The van der Waals surface area contributed by atoms with Gasteiger partial charge in [0.25, 0.3) is 0 Å². The highest BCUT2D eigenvalue weighted by Gasteiger charge is 2.39. The number of likely N-dealkylation sites (tertiary alicyclic amines) is 1. The molecule has 0 atom stereocenters. The Bertz CT molecular complexity index is 1230. The molecule has 7 heteroatoms. The monoisotopic (exact) mass is 565 g/mol. The number of likely N-dealkylation sites (N-methyl/N-ethyl adjacent to an activating group) is 1. The summed E-state index contributed by atoms with van der Waals surface area (Å²) in [5, 5.41) is 28.6. The van der Waals surface area contributed by atoms with E-state index in [1.807, 2.05) is 6.07 Å². The van der Waals surface area contributed by atoms with E-state index in [0.29, 0.717) is 5.92 Å². The van der Waals surface area contributed by atoms with Crippen molar-refractivity contribution < 1.29 is 15.0 Å². The number of carbonyl (C=O) groups is 1. The van der Waals surface area contributed by atoms with E-state index in [0.717, 1.165) is 67.5 Å². The maximum atomic E-state index is 11.6. The van der Waals surface area contributed by atoms with Crippen molar-refractivity contribution in [1.29, 1.82) is 5.26 Å². The molecule has 1 aromatic carbocycles. The number of hydrogen-bond acceptors (Lipinski definition) is 5. The number of nitriles is 1. The Kier molecular flexibility index (Phi) is 8.30. The third-order valence-corrected chi connectivity index (χ3v) is 8.46. The van der Waals surface area contributed by atoms with Crippen LogP contribution in [-0.4, -0.2) is 47.3 Å². The van der Waals surface area contributed by atoms with Gasteiger partial charge in [0.2, 0.25) is 0 Å². The Balaban J connectivity index is 1.80. The van der Waals surface area contributed by atoms with Crippen LogP contribution in [0.5, 0.6) is 0 Å². The van der Waals surface area contributed by atoms with Crippen molar-refractivity contribution >= 4 is 27.6 Å². The summed E-state index contributed by atoms with van der Waals surface area (Å²) in [6, 6.07) is 8.33. The molecule has 3 aliphatic rings. The molecular formula is C30H36BrN3O3. The lowest BCUT2D eigenvalue weighted by Gasteiger charge is -2.38. The summed E-state index contributed by atoms with van der Waals surface area (Å²) in [7, 11) is 0. The van der Waals surface area contributed by atoms with Crippen LogP contribution < -0.4 is 4.90 Å². The topological polar surface area (TPSA) is 87.8 Å². The highest BCUT2D eigenvalue weighted by atomic mass is 79.9. The fourth-order valence-electron chi connectivity index (χ4n) is 5.94. The third kappa shape index (κ3) is 5.42. The maximum Gasteiger partial charge on any atom is 0.346 e. The summed E-state index contributed by atoms with van der Waals surface area (Å²) >= 11 is 3.64. The number of piperidine rings is 1. The van der Waals surface area contributed by atoms with Gasteiger partial charge in [0.1, 0.15) is 11.6 Å². The quantitative estimate of drug-likeness (QED) is 0.322. The molecule has 0 bridgehead atoms. The van der Waals surface area contributed by atoms with E-state index >= 15 is 0 Å². The molecule has 0 saturated carbocycles. The van der Waals surface area contributed by atoms with Crippen molar-refractivity contribution in [3.63, 3.8) is 0 Å². The van der Waals surface area contributed by atoms with Gasteiger partial charge in [0, 0.05) is 53.2 Å². The first-order chi connectivity index (χ1) is 17.7. The number of nitrogens with zero attached hydrogens (tertiary/aromatic N) is 3. The number of fused-ring (bicyclic) bond motifs is 1. The number of rotatable bonds is 6. The Morgan fingerprint density at radius 3 is 2.59 bits per heavy atom. The number of aliphatic hydroxyl groups is 1. The molecular weight excluding hydrogens is 530 g/mol. The number of allylic oxidation sites excluding steroid dienone is 6. The molecule has 0 aromatic heterocycles. The highest BCUT2D eigenvalue weighted by Crippen LogP contribution is 2.48. The van der Waals surface area contributed by atoms with Crippen molar-refractivity contribution in [3.05, 3.63) is 74.6 Å². The molecule has 2 aliphatic heterocycles. The average Bonchev–Trinajstić information content (AvgIpc) is 3.10. The summed E-state index contributed by atoms with van der Waals surface area (Å²) in [5.41, 5.74) is 6.53. The Morgan fingerprint density at radius 2 is 1.97 bits per heavy atom. The summed E-state index contributed by atoms with van der Waals surface area (Å²) in [6.07, 6.45) is 10.4. The first-order valence-electron chi connectivity index (χ1n) is 13.1. The molecule has 1 saturated heterocycles. The molecule has 0 unspecified atom stereocenters. The number of aliphatic carboxylic acids is 1. The average molecular weight is 567 g/mol. The lowest BCUT2D eigenvalue weighted by molar-refractivity contribution is -0.132. The van der Waals surface area contributed by atoms with E-state index < -0.39 is 5.97 Å². The number of aliphatic hydroxyl groups excluding tert-OH is 1. The van der Waals surface area contributed by atoms with Gasteiger partial charge in [-0.25, -0.2) is 4.79 Å². The standard InChI is InChI=1S/C30H36BrN3O3/c1-4-34-26-10-9-24(31)17-25(26)30(2,3)27(34)11-8-21-6-5-7-22(16-23(18-32)29(36)37)28(21)33-14-12-20(19-35)13-15-33/h8-11,16-17,20,35H,4-7,12-15,19H2,1-3H3,(H,36,37)/b21-8+,23-16+,27-11+. The first kappa shape index (κ1) is 27.2. The number of anilines is 1. The summed E-state index contributed by atoms with van der Waals surface area (Å²) in [4.78, 5) is 16.3. The number of carboxylic acid groups (broad SMARTS) is 1. The van der Waals surface area contributed by atoms with Crippen LogP contribution in [-0.2, 0) is 10.2 Å². The van der Waals surface area contributed by atoms with Gasteiger partial charge in [0.05, 0.1) is 0 Å². The molecule has 1 fully saturated rings. The predicted molar refractivity (Wildman–Crippen MR) is 150 cm³/mol. The van der Waals surface area contributed by atoms with Crippen LogP contribution in [0.2, 0.25) is 0 Å². The van der Waals surface area contributed by atoms with Gasteiger partial charge in [-0.1, -0.05) is 35.9 Å². The highest BCUT2D eigenvalue weighted by molar-refractivity contribution is 9.10. The second kappa shape index (κ2) is 11.3. The van der Waals surface area contributed by atoms with E-state index in [2.05, 4.69) is 76.9 Å². The van der Waals surface area contributed by atoms with Gasteiger partial charge in [-0.05, 0) is 92.0 Å². The summed E-state index contributed by atoms with van der Waals surface area (Å²) < 4.78 is 1.07. The number of halogens is 1. The molecule has 2 heterocycles. The first-order valence-corrected chi connectivity index (χ1v) is 13.9. The van der Waals surface area contributed by atoms with Crippen LogP contribution in [0.1, 0.15) is 58.4 Å². The van der Waals surface area contributed by atoms with Crippen LogP contribution in [0.3, 0.4) is 0 Å². The normalized spacial score (nSPS) is 22.5. The van der Waals surface area contributed by atoms with Gasteiger partial charge in [-0.15, -0.1) is 0 Å². The van der Waals surface area contributed by atoms with E-state index in [-0.39, 0.29) is 17.6 Å². The molecule has 0 spiro atoms. The number of carboxylic acids is 1. The lowest BCUT2D eigenvalue weighted by atomic mass is 9.83. The van der Waals surface area contributed by atoms with Crippen molar-refractivity contribution in [2.24, 2.45) is 5.92 Å². The van der Waals surface area contributed by atoms with Gasteiger partial charge in [-0.3, -0.25) is 0 Å². The van der Waals surface area contributed by atoms with Gasteiger partial charge in [0.15, 0.2) is 0 Å². The number of benzene rings is 1. The molecule has 196 valence electrons. The van der Waals surface area contributed by atoms with Crippen molar-refractivity contribution in [3.8, 4) is 6.07 Å². The van der Waals surface area contributed by atoms with Crippen molar-refractivity contribution in [1.82, 2.24) is 4.90 Å². The maximum absolute atomic E-state index is 11.6.